The Bertz CT molecular complexity index is 396. The molecule has 0 bridgehead atoms. The van der Waals surface area contributed by atoms with Crippen molar-refractivity contribution < 1.29 is 4.74 Å². The highest BCUT2D eigenvalue weighted by atomic mass is 16.5. The molecular weight excluding hydrogens is 222 g/mol. The molecule has 0 amide bonds. The van der Waals surface area contributed by atoms with Crippen LogP contribution in [0.25, 0.3) is 0 Å². The third-order valence-corrected chi connectivity index (χ3v) is 4.25. The van der Waals surface area contributed by atoms with Crippen molar-refractivity contribution >= 4 is 0 Å². The van der Waals surface area contributed by atoms with E-state index in [0.717, 1.165) is 12.8 Å². The second-order valence-electron chi connectivity index (χ2n) is 5.76. The van der Waals surface area contributed by atoms with Crippen molar-refractivity contribution in [2.75, 3.05) is 6.54 Å². The fourth-order valence-corrected chi connectivity index (χ4v) is 3.09. The summed E-state index contributed by atoms with van der Waals surface area (Å²) in [5.74, 6) is 0. The maximum absolute atomic E-state index is 6.20. The molecule has 1 aromatic carbocycles. The van der Waals surface area contributed by atoms with Gasteiger partial charge in [-0.15, -0.1) is 0 Å². The summed E-state index contributed by atoms with van der Waals surface area (Å²) in [5, 5.41) is 0. The van der Waals surface area contributed by atoms with Gasteiger partial charge in [-0.05, 0) is 50.3 Å². The lowest BCUT2D eigenvalue weighted by Gasteiger charge is -2.28. The van der Waals surface area contributed by atoms with Crippen molar-refractivity contribution in [1.29, 1.82) is 0 Å². The van der Waals surface area contributed by atoms with E-state index in [0.29, 0.717) is 13.2 Å². The summed E-state index contributed by atoms with van der Waals surface area (Å²) < 4.78 is 6.20. The number of ether oxygens (including phenoxy) is 1. The van der Waals surface area contributed by atoms with Crippen molar-refractivity contribution in [3.8, 4) is 0 Å². The van der Waals surface area contributed by atoms with E-state index >= 15 is 0 Å². The molecule has 1 aliphatic rings. The van der Waals surface area contributed by atoms with Crippen LogP contribution in [0.15, 0.2) is 12.1 Å². The molecule has 100 valence electrons. The highest BCUT2D eigenvalue weighted by Crippen LogP contribution is 2.33. The molecule has 1 fully saturated rings. The van der Waals surface area contributed by atoms with E-state index in [4.69, 9.17) is 10.5 Å². The summed E-state index contributed by atoms with van der Waals surface area (Å²) in [6, 6.07) is 4.46. The Labute approximate surface area is 111 Å². The Balaban J connectivity index is 2.10. The smallest absolute Gasteiger partial charge is 0.0808 e. The summed E-state index contributed by atoms with van der Waals surface area (Å²) in [5.41, 5.74) is 11.2. The molecule has 2 rings (SSSR count). The Morgan fingerprint density at radius 3 is 2.17 bits per heavy atom. The predicted octanol–water partition coefficient (Wildman–Crippen LogP) is 3.40. The molecule has 0 spiro atoms. The first-order chi connectivity index (χ1) is 8.56. The van der Waals surface area contributed by atoms with Crippen LogP contribution in [0.1, 0.15) is 47.9 Å². The lowest BCUT2D eigenvalue weighted by atomic mass is 9.99. The number of aryl methyl sites for hydroxylation is 3. The first kappa shape index (κ1) is 13.6. The van der Waals surface area contributed by atoms with E-state index in [9.17, 15) is 0 Å². The van der Waals surface area contributed by atoms with Gasteiger partial charge in [-0.3, -0.25) is 0 Å². The Morgan fingerprint density at radius 1 is 1.11 bits per heavy atom. The van der Waals surface area contributed by atoms with Gasteiger partial charge in [0.15, 0.2) is 0 Å². The third kappa shape index (κ3) is 2.76. The maximum atomic E-state index is 6.20. The molecule has 0 aromatic heterocycles. The number of hydrogen-bond donors (Lipinski definition) is 1. The quantitative estimate of drug-likeness (QED) is 0.885. The predicted molar refractivity (Wildman–Crippen MR) is 75.7 cm³/mol. The van der Waals surface area contributed by atoms with Gasteiger partial charge in [-0.25, -0.2) is 0 Å². The van der Waals surface area contributed by atoms with Gasteiger partial charge in [0.1, 0.15) is 0 Å². The molecule has 2 N–H and O–H groups in total. The third-order valence-electron chi connectivity index (χ3n) is 4.25. The molecule has 0 saturated heterocycles. The Kier molecular flexibility index (Phi) is 4.08. The van der Waals surface area contributed by atoms with Gasteiger partial charge in [0.05, 0.1) is 12.2 Å². The molecule has 1 aliphatic carbocycles. The van der Waals surface area contributed by atoms with E-state index < -0.39 is 0 Å². The normalized spacial score (nSPS) is 18.2. The molecule has 18 heavy (non-hydrogen) atoms. The summed E-state index contributed by atoms with van der Waals surface area (Å²) in [7, 11) is 0. The summed E-state index contributed by atoms with van der Waals surface area (Å²) >= 11 is 0. The average Bonchev–Trinajstić information content (AvgIpc) is 2.77. The topological polar surface area (TPSA) is 35.2 Å². The maximum Gasteiger partial charge on any atom is 0.0808 e. The van der Waals surface area contributed by atoms with Crippen LogP contribution in [-0.2, 0) is 11.3 Å². The standard InChI is InChI=1S/C16H25NO/c1-12-8-13(2)15(14(3)9-12)10-18-16(11-17)6-4-5-7-16/h8-9H,4-7,10-11,17H2,1-3H3. The van der Waals surface area contributed by atoms with Gasteiger partial charge in [0.2, 0.25) is 0 Å². The highest BCUT2D eigenvalue weighted by molar-refractivity contribution is 5.37. The SMILES string of the molecule is Cc1cc(C)c(COC2(CN)CCCC2)c(C)c1. The second kappa shape index (κ2) is 5.41. The van der Waals surface area contributed by atoms with Crippen LogP contribution in [0.3, 0.4) is 0 Å². The summed E-state index contributed by atoms with van der Waals surface area (Å²) in [6.07, 6.45) is 4.74. The van der Waals surface area contributed by atoms with Crippen molar-refractivity contribution in [2.45, 2.75) is 58.7 Å². The minimum Gasteiger partial charge on any atom is -0.369 e. The fraction of sp³-hybridized carbons (Fsp3) is 0.625. The zero-order valence-electron chi connectivity index (χ0n) is 11.9. The van der Waals surface area contributed by atoms with Crippen LogP contribution in [0.5, 0.6) is 0 Å². The molecule has 2 heteroatoms. The zero-order chi connectivity index (χ0) is 13.2. The largest absolute Gasteiger partial charge is 0.369 e. The van der Waals surface area contributed by atoms with E-state index in [-0.39, 0.29) is 5.60 Å². The van der Waals surface area contributed by atoms with Gasteiger partial charge in [-0.2, -0.15) is 0 Å². The molecule has 1 saturated carbocycles. The van der Waals surface area contributed by atoms with Gasteiger partial charge in [0.25, 0.3) is 0 Å². The first-order valence-electron chi connectivity index (χ1n) is 6.97. The zero-order valence-corrected chi connectivity index (χ0v) is 11.9. The van der Waals surface area contributed by atoms with Crippen molar-refractivity contribution in [3.05, 3.63) is 34.4 Å². The molecule has 1 aromatic rings. The molecule has 0 heterocycles. The van der Waals surface area contributed by atoms with Crippen molar-refractivity contribution in [1.82, 2.24) is 0 Å². The number of rotatable bonds is 4. The van der Waals surface area contributed by atoms with Crippen LogP contribution in [0.4, 0.5) is 0 Å². The van der Waals surface area contributed by atoms with Crippen LogP contribution >= 0.6 is 0 Å². The van der Waals surface area contributed by atoms with Crippen LogP contribution in [-0.4, -0.2) is 12.1 Å². The summed E-state index contributed by atoms with van der Waals surface area (Å²) in [6.45, 7) is 7.83. The number of benzene rings is 1. The minimum absolute atomic E-state index is 0.0518. The van der Waals surface area contributed by atoms with Crippen molar-refractivity contribution in [2.24, 2.45) is 5.73 Å². The van der Waals surface area contributed by atoms with Gasteiger partial charge >= 0.3 is 0 Å². The highest BCUT2D eigenvalue weighted by Gasteiger charge is 2.33. The van der Waals surface area contributed by atoms with Crippen LogP contribution < -0.4 is 5.73 Å². The van der Waals surface area contributed by atoms with Gasteiger partial charge in [0, 0.05) is 6.54 Å². The minimum atomic E-state index is -0.0518. The molecule has 0 radical (unpaired) electrons. The monoisotopic (exact) mass is 247 g/mol. The molecule has 0 aliphatic heterocycles. The number of hydrogen-bond acceptors (Lipinski definition) is 2. The van der Waals surface area contributed by atoms with E-state index in [1.807, 2.05) is 0 Å². The second-order valence-corrected chi connectivity index (χ2v) is 5.76. The lowest BCUT2D eigenvalue weighted by molar-refractivity contribution is -0.0452. The average molecular weight is 247 g/mol. The van der Waals surface area contributed by atoms with Gasteiger partial charge in [-0.1, -0.05) is 30.5 Å². The lowest BCUT2D eigenvalue weighted by Crippen LogP contribution is -2.37. The van der Waals surface area contributed by atoms with Crippen LogP contribution in [0, 0.1) is 20.8 Å². The van der Waals surface area contributed by atoms with Crippen molar-refractivity contribution in [3.63, 3.8) is 0 Å². The number of nitrogens with two attached hydrogens (primary N) is 1. The summed E-state index contributed by atoms with van der Waals surface area (Å²) in [4.78, 5) is 0. The van der Waals surface area contributed by atoms with E-state index in [1.165, 1.54) is 35.1 Å². The molecule has 2 nitrogen and oxygen atoms in total. The molecular formula is C16H25NO. The van der Waals surface area contributed by atoms with E-state index in [1.54, 1.807) is 0 Å². The first-order valence-corrected chi connectivity index (χ1v) is 6.97. The Morgan fingerprint density at radius 2 is 1.67 bits per heavy atom. The molecule has 0 atom stereocenters. The Hall–Kier alpha value is -0.860. The van der Waals surface area contributed by atoms with E-state index in [2.05, 4.69) is 32.9 Å². The fourth-order valence-electron chi connectivity index (χ4n) is 3.09. The molecule has 0 unspecified atom stereocenters. The van der Waals surface area contributed by atoms with Gasteiger partial charge < -0.3 is 10.5 Å². The van der Waals surface area contributed by atoms with Crippen LogP contribution in [0.2, 0.25) is 0 Å².